The molecule has 0 spiro atoms. The summed E-state index contributed by atoms with van der Waals surface area (Å²) in [4.78, 5) is 24.7. The van der Waals surface area contributed by atoms with Crippen LogP contribution in [0.1, 0.15) is 361 Å². The van der Waals surface area contributed by atoms with Crippen molar-refractivity contribution in [2.75, 3.05) is 13.2 Å². The van der Waals surface area contributed by atoms with Crippen LogP contribution in [0.5, 0.6) is 0 Å². The summed E-state index contributed by atoms with van der Waals surface area (Å²) in [6.07, 6.45) is 111. The Balaban J connectivity index is 3.43. The van der Waals surface area contributed by atoms with Gasteiger partial charge >= 0.3 is 11.9 Å². The Labute approximate surface area is 534 Å². The molecule has 0 bridgehead atoms. The van der Waals surface area contributed by atoms with E-state index in [1.54, 1.807) is 0 Å². The van der Waals surface area contributed by atoms with Crippen molar-refractivity contribution >= 4 is 11.9 Å². The minimum Gasteiger partial charge on any atom is -0.462 e. The van der Waals surface area contributed by atoms with Crippen molar-refractivity contribution in [1.82, 2.24) is 0 Å². The van der Waals surface area contributed by atoms with Gasteiger partial charge in [-0.25, -0.2) is 0 Å². The molecule has 5 nitrogen and oxygen atoms in total. The summed E-state index contributed by atoms with van der Waals surface area (Å²) >= 11 is 0. The van der Waals surface area contributed by atoms with Crippen molar-refractivity contribution in [2.24, 2.45) is 0 Å². The highest BCUT2D eigenvalue weighted by Gasteiger charge is 2.16. The van der Waals surface area contributed by atoms with Crippen LogP contribution < -0.4 is 0 Å². The van der Waals surface area contributed by atoms with Crippen molar-refractivity contribution in [3.8, 4) is 0 Å². The highest BCUT2D eigenvalue weighted by molar-refractivity contribution is 5.70. The summed E-state index contributed by atoms with van der Waals surface area (Å²) in [6.45, 7) is 3.95. The van der Waals surface area contributed by atoms with Crippen molar-refractivity contribution in [3.63, 3.8) is 0 Å². The molecule has 0 aliphatic carbocycles. The number of rotatable bonds is 68. The van der Waals surface area contributed by atoms with Gasteiger partial charge in [-0.1, -0.05) is 367 Å². The summed E-state index contributed by atoms with van der Waals surface area (Å²) in [5.74, 6) is -0.575. The molecule has 0 aromatic rings. The van der Waals surface area contributed by atoms with E-state index in [-0.39, 0.29) is 25.2 Å². The van der Waals surface area contributed by atoms with E-state index in [2.05, 4.69) is 135 Å². The second kappa shape index (κ2) is 75.5. The Kier molecular flexibility index (Phi) is 72.3. The Bertz CT molecular complexity index is 1690. The Morgan fingerprint density at radius 1 is 0.267 bits per heavy atom. The summed E-state index contributed by atoms with van der Waals surface area (Å²) in [6, 6.07) is 0. The first kappa shape index (κ1) is 82.3. The predicted molar refractivity (Wildman–Crippen MR) is 380 cm³/mol. The fourth-order valence-electron chi connectivity index (χ4n) is 10.8. The van der Waals surface area contributed by atoms with E-state index in [1.165, 1.54) is 231 Å². The fourth-order valence-corrected chi connectivity index (χ4v) is 10.8. The van der Waals surface area contributed by atoms with Crippen LogP contribution in [0.3, 0.4) is 0 Å². The number of ether oxygens (including phenoxy) is 2. The first-order chi connectivity index (χ1) is 42.6. The lowest BCUT2D eigenvalue weighted by atomic mass is 10.0. The third kappa shape index (κ3) is 72.8. The average Bonchev–Trinajstić information content (AvgIpc) is 3.53. The molecule has 0 radical (unpaired) electrons. The molecule has 0 fully saturated rings. The lowest BCUT2D eigenvalue weighted by molar-refractivity contribution is -0.161. The Morgan fingerprint density at radius 3 is 0.698 bits per heavy atom. The first-order valence-electron chi connectivity index (χ1n) is 37.1. The van der Waals surface area contributed by atoms with Crippen molar-refractivity contribution in [1.29, 1.82) is 0 Å². The maximum Gasteiger partial charge on any atom is 0.306 e. The molecule has 0 saturated carbocycles. The van der Waals surface area contributed by atoms with E-state index in [0.29, 0.717) is 12.8 Å². The van der Waals surface area contributed by atoms with Gasteiger partial charge in [-0.3, -0.25) is 9.59 Å². The van der Waals surface area contributed by atoms with Gasteiger partial charge in [0, 0.05) is 12.8 Å². The third-order valence-corrected chi connectivity index (χ3v) is 16.3. The first-order valence-corrected chi connectivity index (χ1v) is 37.1. The van der Waals surface area contributed by atoms with Crippen LogP contribution >= 0.6 is 0 Å². The summed E-state index contributed by atoms with van der Waals surface area (Å²) in [5, 5.41) is 9.72. The van der Waals surface area contributed by atoms with Gasteiger partial charge in [0.2, 0.25) is 0 Å². The number of carbonyl (C=O) groups is 2. The van der Waals surface area contributed by atoms with E-state index in [1.807, 2.05) is 0 Å². The SMILES string of the molecule is CC/C=C\C/C=C\C/C=C\C/C=C\C/C=C\C/C=C\CCCCCCCCCCCCCCCCCCCCC(=O)OC(CO)COC(=O)CCCCCCCCCCCCCCCCCCCCCCCC/C=C\C/C=C\C/C=C\C/C=C\CC. The molecule has 5 heteroatoms. The largest absolute Gasteiger partial charge is 0.462 e. The van der Waals surface area contributed by atoms with Crippen molar-refractivity contribution in [3.05, 3.63) is 122 Å². The fraction of sp³-hybridized carbons (Fsp3) is 0.728. The van der Waals surface area contributed by atoms with Gasteiger partial charge in [0.1, 0.15) is 6.61 Å². The number of unbranched alkanes of at least 4 members (excludes halogenated alkanes) is 40. The van der Waals surface area contributed by atoms with Gasteiger partial charge in [-0.15, -0.1) is 0 Å². The van der Waals surface area contributed by atoms with Gasteiger partial charge < -0.3 is 14.6 Å². The summed E-state index contributed by atoms with van der Waals surface area (Å²) in [5.41, 5.74) is 0. The minimum atomic E-state index is -0.776. The molecule has 0 rings (SSSR count). The van der Waals surface area contributed by atoms with Crippen molar-refractivity contribution < 1.29 is 24.2 Å². The standard InChI is InChI=1S/C81H140O5/c1-3-5-7-9-11-13-15-17-19-21-23-25-27-29-31-33-35-37-39-40-42-44-46-48-50-52-54-56-58-60-62-64-66-68-70-72-74-76-81(84)86-79(77-82)78-85-80(83)75-73-71-69-67-65-63-61-59-57-55-53-51-49-47-45-43-41-38-36-34-32-30-28-26-24-22-20-18-16-14-12-10-8-6-4-2/h5-8,11-14,17-20,23-26,29,31,35,37,79,82H,3-4,9-10,15-16,21-22,27-28,30,32-34,36,38-78H2,1-2H3/b7-5-,8-6-,13-11-,14-12-,19-17-,20-18-,25-23-,26-24-,31-29-,37-35-. The molecule has 0 aliphatic rings. The molecule has 0 saturated heterocycles. The molecule has 1 unspecified atom stereocenters. The molecule has 86 heavy (non-hydrogen) atoms. The number of esters is 2. The zero-order chi connectivity index (χ0) is 61.9. The van der Waals surface area contributed by atoms with Gasteiger partial charge in [-0.2, -0.15) is 0 Å². The minimum absolute atomic E-state index is 0.0648. The van der Waals surface area contributed by atoms with E-state index >= 15 is 0 Å². The van der Waals surface area contributed by atoms with Gasteiger partial charge in [-0.05, 0) is 103 Å². The topological polar surface area (TPSA) is 72.8 Å². The van der Waals surface area contributed by atoms with Crippen LogP contribution in [0.15, 0.2) is 122 Å². The smallest absolute Gasteiger partial charge is 0.306 e. The van der Waals surface area contributed by atoms with Crippen LogP contribution in [0.4, 0.5) is 0 Å². The number of allylic oxidation sites excluding steroid dienone is 20. The third-order valence-electron chi connectivity index (χ3n) is 16.3. The highest BCUT2D eigenvalue weighted by atomic mass is 16.6. The van der Waals surface area contributed by atoms with Crippen molar-refractivity contribution in [2.45, 2.75) is 367 Å². The number of carbonyl (C=O) groups excluding carboxylic acids is 2. The Morgan fingerprint density at radius 2 is 0.465 bits per heavy atom. The maximum atomic E-state index is 12.4. The number of aliphatic hydroxyl groups is 1. The normalized spacial score (nSPS) is 12.9. The Hall–Kier alpha value is -3.70. The number of aliphatic hydroxyl groups excluding tert-OH is 1. The molecule has 0 aromatic carbocycles. The molecule has 0 aliphatic heterocycles. The predicted octanol–water partition coefficient (Wildman–Crippen LogP) is 26.1. The second-order valence-electron chi connectivity index (χ2n) is 24.6. The van der Waals surface area contributed by atoms with E-state index < -0.39 is 6.10 Å². The monoisotopic (exact) mass is 1190 g/mol. The molecular weight excluding hydrogens is 1050 g/mol. The molecule has 0 aromatic heterocycles. The quantitative estimate of drug-likeness (QED) is 0.0373. The van der Waals surface area contributed by atoms with Crippen LogP contribution in [-0.2, 0) is 19.1 Å². The maximum absolute atomic E-state index is 12.4. The van der Waals surface area contributed by atoms with E-state index in [9.17, 15) is 14.7 Å². The molecule has 0 amide bonds. The zero-order valence-electron chi connectivity index (χ0n) is 56.8. The average molecular weight is 1190 g/mol. The van der Waals surface area contributed by atoms with Gasteiger partial charge in [0.25, 0.3) is 0 Å². The van der Waals surface area contributed by atoms with Gasteiger partial charge in [0.15, 0.2) is 6.10 Å². The lowest BCUT2D eigenvalue weighted by Gasteiger charge is -2.15. The van der Waals surface area contributed by atoms with Gasteiger partial charge in [0.05, 0.1) is 6.61 Å². The van der Waals surface area contributed by atoms with Crippen LogP contribution in [0.25, 0.3) is 0 Å². The molecule has 0 heterocycles. The van der Waals surface area contributed by atoms with E-state index in [0.717, 1.165) is 103 Å². The van der Waals surface area contributed by atoms with E-state index in [4.69, 9.17) is 9.47 Å². The number of hydrogen-bond donors (Lipinski definition) is 1. The molecular formula is C81H140O5. The van der Waals surface area contributed by atoms with Crippen LogP contribution in [-0.4, -0.2) is 36.4 Å². The summed E-state index contributed by atoms with van der Waals surface area (Å²) in [7, 11) is 0. The second-order valence-corrected chi connectivity index (χ2v) is 24.6. The molecule has 494 valence electrons. The molecule has 1 atom stereocenters. The highest BCUT2D eigenvalue weighted by Crippen LogP contribution is 2.18. The zero-order valence-corrected chi connectivity index (χ0v) is 56.8. The molecule has 1 N–H and O–H groups in total. The summed E-state index contributed by atoms with van der Waals surface area (Å²) < 4.78 is 10.8. The number of hydrogen-bond acceptors (Lipinski definition) is 5. The lowest BCUT2D eigenvalue weighted by Crippen LogP contribution is -2.28. The van der Waals surface area contributed by atoms with Crippen LogP contribution in [0.2, 0.25) is 0 Å². The van der Waals surface area contributed by atoms with Crippen LogP contribution in [0, 0.1) is 0 Å².